The standard InChI is InChI=1S/C31H24FNO2/c1-22(26-5-3-2-4-6-26)19-25-11-9-23(10-12-25)7-8-24-13-15-27(16-14-24)31(34)35-29-18-17-28(21-33)30(32)20-29/h2-18,20,22H,19H2,1H3/t22-/m1/s1. The van der Waals surface area contributed by atoms with Gasteiger partial charge in [-0.2, -0.15) is 5.26 Å². The highest BCUT2D eigenvalue weighted by molar-refractivity contribution is 5.91. The molecule has 0 bridgehead atoms. The zero-order chi connectivity index (χ0) is 24.6. The summed E-state index contributed by atoms with van der Waals surface area (Å²) in [6, 6.07) is 31.4. The molecule has 0 N–H and O–H groups in total. The van der Waals surface area contributed by atoms with E-state index in [1.165, 1.54) is 23.3 Å². The summed E-state index contributed by atoms with van der Waals surface area (Å²) in [4.78, 5) is 12.3. The van der Waals surface area contributed by atoms with Crippen molar-refractivity contribution in [3.05, 3.63) is 136 Å². The molecule has 4 rings (SSSR count). The first-order chi connectivity index (χ1) is 17.0. The number of carbonyl (C=O) groups excluding carboxylic acids is 1. The number of benzene rings is 4. The Bertz CT molecular complexity index is 1370. The predicted octanol–water partition coefficient (Wildman–Crippen LogP) is 7.43. The minimum atomic E-state index is -0.725. The first-order valence-electron chi connectivity index (χ1n) is 11.4. The van der Waals surface area contributed by atoms with Crippen molar-refractivity contribution in [2.75, 3.05) is 0 Å². The normalized spacial score (nSPS) is 11.7. The van der Waals surface area contributed by atoms with Gasteiger partial charge in [-0.25, -0.2) is 9.18 Å². The zero-order valence-corrected chi connectivity index (χ0v) is 19.3. The number of ether oxygens (including phenoxy) is 1. The summed E-state index contributed by atoms with van der Waals surface area (Å²) in [5.41, 5.74) is 4.91. The minimum Gasteiger partial charge on any atom is -0.423 e. The van der Waals surface area contributed by atoms with E-state index in [-0.39, 0.29) is 11.3 Å². The van der Waals surface area contributed by atoms with Gasteiger partial charge in [-0.1, -0.05) is 85.8 Å². The van der Waals surface area contributed by atoms with Crippen LogP contribution in [-0.2, 0) is 6.42 Å². The first-order valence-corrected chi connectivity index (χ1v) is 11.4. The Kier molecular flexibility index (Phi) is 7.50. The lowest BCUT2D eigenvalue weighted by atomic mass is 9.93. The second kappa shape index (κ2) is 11.1. The van der Waals surface area contributed by atoms with Crippen LogP contribution in [0.15, 0.2) is 97.1 Å². The van der Waals surface area contributed by atoms with E-state index in [2.05, 4.69) is 55.5 Å². The van der Waals surface area contributed by atoms with Gasteiger partial charge in [0.25, 0.3) is 0 Å². The predicted molar refractivity (Wildman–Crippen MR) is 136 cm³/mol. The molecule has 4 aromatic carbocycles. The number of rotatable bonds is 7. The van der Waals surface area contributed by atoms with E-state index >= 15 is 0 Å². The van der Waals surface area contributed by atoms with Crippen LogP contribution in [-0.4, -0.2) is 5.97 Å². The van der Waals surface area contributed by atoms with E-state index in [4.69, 9.17) is 10.00 Å². The summed E-state index contributed by atoms with van der Waals surface area (Å²) >= 11 is 0. The lowest BCUT2D eigenvalue weighted by molar-refractivity contribution is 0.0734. The summed E-state index contributed by atoms with van der Waals surface area (Å²) in [5.74, 6) is -0.808. The molecule has 0 aromatic heterocycles. The molecule has 0 radical (unpaired) electrons. The lowest BCUT2D eigenvalue weighted by Crippen LogP contribution is -2.08. The van der Waals surface area contributed by atoms with Gasteiger partial charge in [-0.3, -0.25) is 0 Å². The molecular formula is C31H24FNO2. The van der Waals surface area contributed by atoms with Crippen LogP contribution in [0, 0.1) is 17.1 Å². The van der Waals surface area contributed by atoms with Crippen molar-refractivity contribution in [2.45, 2.75) is 19.3 Å². The molecule has 4 heteroatoms. The van der Waals surface area contributed by atoms with Crippen molar-refractivity contribution < 1.29 is 13.9 Å². The van der Waals surface area contributed by atoms with Crippen molar-refractivity contribution in [1.29, 1.82) is 5.26 Å². The summed E-state index contributed by atoms with van der Waals surface area (Å²) < 4.78 is 18.9. The molecule has 0 saturated heterocycles. The van der Waals surface area contributed by atoms with E-state index in [1.54, 1.807) is 18.2 Å². The molecule has 0 amide bonds. The Morgan fingerprint density at radius 3 is 2.14 bits per heavy atom. The number of hydrogen-bond acceptors (Lipinski definition) is 3. The molecule has 0 aliphatic rings. The van der Waals surface area contributed by atoms with Gasteiger partial charge in [0.1, 0.15) is 17.6 Å². The van der Waals surface area contributed by atoms with Gasteiger partial charge in [0, 0.05) is 6.07 Å². The van der Waals surface area contributed by atoms with E-state index in [0.29, 0.717) is 11.5 Å². The molecule has 0 heterocycles. The third-order valence-corrected chi connectivity index (χ3v) is 5.78. The van der Waals surface area contributed by atoms with Gasteiger partial charge in [-0.05, 0) is 58.9 Å². The number of nitrogens with zero attached hydrogens (tertiary/aromatic N) is 1. The van der Waals surface area contributed by atoms with E-state index < -0.39 is 11.8 Å². The van der Waals surface area contributed by atoms with Gasteiger partial charge in [0.15, 0.2) is 0 Å². The van der Waals surface area contributed by atoms with Gasteiger partial charge in [0.05, 0.1) is 11.1 Å². The summed E-state index contributed by atoms with van der Waals surface area (Å²) in [6.07, 6.45) is 4.99. The monoisotopic (exact) mass is 461 g/mol. The molecule has 0 aliphatic heterocycles. The molecule has 3 nitrogen and oxygen atoms in total. The molecule has 0 spiro atoms. The molecule has 0 unspecified atom stereocenters. The minimum absolute atomic E-state index is 0.0529. The fourth-order valence-electron chi connectivity index (χ4n) is 3.76. The first kappa shape index (κ1) is 23.7. The van der Waals surface area contributed by atoms with E-state index in [0.717, 1.165) is 23.6 Å². The number of hydrogen-bond donors (Lipinski definition) is 0. The highest BCUT2D eigenvalue weighted by atomic mass is 19.1. The average molecular weight is 462 g/mol. The molecule has 0 aliphatic carbocycles. The lowest BCUT2D eigenvalue weighted by Gasteiger charge is -2.12. The molecule has 0 saturated carbocycles. The van der Waals surface area contributed by atoms with Crippen LogP contribution < -0.4 is 4.74 Å². The maximum absolute atomic E-state index is 13.7. The Morgan fingerprint density at radius 1 is 0.914 bits per heavy atom. The van der Waals surface area contributed by atoms with E-state index in [9.17, 15) is 9.18 Å². The third kappa shape index (κ3) is 6.31. The molecule has 1 atom stereocenters. The van der Waals surface area contributed by atoms with Gasteiger partial charge >= 0.3 is 5.97 Å². The average Bonchev–Trinajstić information content (AvgIpc) is 2.89. The largest absolute Gasteiger partial charge is 0.423 e. The van der Waals surface area contributed by atoms with Crippen molar-refractivity contribution >= 4 is 18.1 Å². The van der Waals surface area contributed by atoms with Crippen LogP contribution in [0.1, 0.15) is 51.0 Å². The summed E-state index contributed by atoms with van der Waals surface area (Å²) in [6.45, 7) is 2.24. The highest BCUT2D eigenvalue weighted by Gasteiger charge is 2.11. The summed E-state index contributed by atoms with van der Waals surface area (Å²) in [5, 5.41) is 8.79. The van der Waals surface area contributed by atoms with Crippen molar-refractivity contribution in [3.63, 3.8) is 0 Å². The maximum atomic E-state index is 13.7. The van der Waals surface area contributed by atoms with Crippen molar-refractivity contribution in [3.8, 4) is 11.8 Å². The Balaban J connectivity index is 1.34. The zero-order valence-electron chi connectivity index (χ0n) is 19.3. The van der Waals surface area contributed by atoms with Crippen LogP contribution in [0.4, 0.5) is 4.39 Å². The molecule has 0 fully saturated rings. The van der Waals surface area contributed by atoms with Crippen molar-refractivity contribution in [1.82, 2.24) is 0 Å². The quantitative estimate of drug-likeness (QED) is 0.163. The van der Waals surface area contributed by atoms with Crippen LogP contribution in [0.25, 0.3) is 12.2 Å². The molecule has 35 heavy (non-hydrogen) atoms. The number of halogens is 1. The second-order valence-corrected chi connectivity index (χ2v) is 8.36. The van der Waals surface area contributed by atoms with Crippen LogP contribution in [0.5, 0.6) is 5.75 Å². The SMILES string of the molecule is C[C@H](Cc1ccc(C=Cc2ccc(C(=O)Oc3ccc(C#N)c(F)c3)cc2)cc1)c1ccccc1. The maximum Gasteiger partial charge on any atom is 0.343 e. The summed E-state index contributed by atoms with van der Waals surface area (Å²) in [7, 11) is 0. The second-order valence-electron chi connectivity index (χ2n) is 8.36. The molecule has 4 aromatic rings. The molecule has 172 valence electrons. The number of carbonyl (C=O) groups is 1. The number of esters is 1. The highest BCUT2D eigenvalue weighted by Crippen LogP contribution is 2.21. The molecular weight excluding hydrogens is 437 g/mol. The van der Waals surface area contributed by atoms with E-state index in [1.807, 2.05) is 30.4 Å². The Labute approximate surface area is 204 Å². The van der Waals surface area contributed by atoms with Crippen LogP contribution >= 0.6 is 0 Å². The van der Waals surface area contributed by atoms with Crippen LogP contribution in [0.2, 0.25) is 0 Å². The third-order valence-electron chi connectivity index (χ3n) is 5.78. The topological polar surface area (TPSA) is 50.1 Å². The Morgan fingerprint density at radius 2 is 1.54 bits per heavy atom. The number of nitriles is 1. The fourth-order valence-corrected chi connectivity index (χ4v) is 3.76. The van der Waals surface area contributed by atoms with Gasteiger partial charge in [0.2, 0.25) is 0 Å². The fraction of sp³-hybridized carbons (Fsp3) is 0.0968. The smallest absolute Gasteiger partial charge is 0.343 e. The van der Waals surface area contributed by atoms with Gasteiger partial charge < -0.3 is 4.74 Å². The van der Waals surface area contributed by atoms with Crippen molar-refractivity contribution in [2.24, 2.45) is 0 Å². The van der Waals surface area contributed by atoms with Gasteiger partial charge in [-0.15, -0.1) is 0 Å². The Hall–Kier alpha value is -4.49. The van der Waals surface area contributed by atoms with Crippen LogP contribution in [0.3, 0.4) is 0 Å².